The minimum absolute atomic E-state index is 0.195. The molecule has 8 heteroatoms. The van der Waals surface area contributed by atoms with Crippen LogP contribution in [0.1, 0.15) is 5.69 Å². The zero-order valence-electron chi connectivity index (χ0n) is 10.3. The number of carboxylic acid groups (broad SMARTS) is 1. The van der Waals surface area contributed by atoms with Crippen LogP contribution in [0.3, 0.4) is 0 Å². The number of nitrogens with one attached hydrogen (secondary N) is 3. The van der Waals surface area contributed by atoms with E-state index in [9.17, 15) is 9.59 Å². The topological polar surface area (TPSA) is 107 Å². The van der Waals surface area contributed by atoms with Crippen LogP contribution in [-0.2, 0) is 16.0 Å². The lowest BCUT2D eigenvalue weighted by Crippen LogP contribution is -2.53. The predicted octanol–water partition coefficient (Wildman–Crippen LogP) is -0.773. The summed E-state index contributed by atoms with van der Waals surface area (Å²) in [5, 5.41) is 14.8. The number of aliphatic carboxylic acids is 1. The summed E-state index contributed by atoms with van der Waals surface area (Å²) in [5.41, 5.74) is 0.679. The van der Waals surface area contributed by atoms with Crippen LogP contribution < -0.4 is 10.6 Å². The summed E-state index contributed by atoms with van der Waals surface area (Å²) in [7, 11) is 0. The van der Waals surface area contributed by atoms with Crippen LogP contribution in [0.25, 0.3) is 0 Å². The number of amides is 1. The van der Waals surface area contributed by atoms with Crippen molar-refractivity contribution < 1.29 is 14.7 Å². The maximum absolute atomic E-state index is 12.0. The molecule has 1 fully saturated rings. The third-order valence-electron chi connectivity index (χ3n) is 2.83. The molecule has 0 spiro atoms. The Hall–Kier alpha value is -1.54. The van der Waals surface area contributed by atoms with Crippen LogP contribution in [0.5, 0.6) is 0 Å². The summed E-state index contributed by atoms with van der Waals surface area (Å²) in [5.74, 6) is 0.327. The molecular formula is C11H16N4O3S. The smallest absolute Gasteiger partial charge is 0.326 e. The number of aromatic amines is 1. The number of carbonyl (C=O) groups is 2. The number of carboxylic acids is 1. The van der Waals surface area contributed by atoms with E-state index >= 15 is 0 Å². The van der Waals surface area contributed by atoms with Gasteiger partial charge in [0.05, 0.1) is 12.4 Å². The SMILES string of the molecule is O=C(N[C@H](Cc1cnc[nH]1)C(=O)O)C1CSCCN1. The Bertz CT molecular complexity index is 431. The van der Waals surface area contributed by atoms with E-state index in [2.05, 4.69) is 20.6 Å². The van der Waals surface area contributed by atoms with E-state index in [1.807, 2.05) is 0 Å². The van der Waals surface area contributed by atoms with Crippen molar-refractivity contribution in [2.24, 2.45) is 0 Å². The molecule has 2 atom stereocenters. The number of thioether (sulfide) groups is 1. The van der Waals surface area contributed by atoms with E-state index in [1.165, 1.54) is 6.33 Å². The Labute approximate surface area is 114 Å². The molecule has 1 saturated heterocycles. The Morgan fingerprint density at radius 1 is 1.63 bits per heavy atom. The van der Waals surface area contributed by atoms with Gasteiger partial charge in [-0.25, -0.2) is 9.78 Å². The Morgan fingerprint density at radius 2 is 2.47 bits per heavy atom. The van der Waals surface area contributed by atoms with Gasteiger partial charge in [0.15, 0.2) is 0 Å². The number of rotatable bonds is 5. The fraction of sp³-hybridized carbons (Fsp3) is 0.545. The standard InChI is InChI=1S/C11H16N4O3S/c16-10(9-5-19-2-1-13-9)15-8(11(17)18)3-7-4-12-6-14-7/h4,6,8-9,13H,1-3,5H2,(H,12,14)(H,15,16)(H,17,18)/t8-,9?/m1/s1. The first kappa shape index (κ1) is 13.9. The highest BCUT2D eigenvalue weighted by atomic mass is 32.2. The van der Waals surface area contributed by atoms with Gasteiger partial charge in [-0.15, -0.1) is 0 Å². The molecule has 1 aromatic rings. The summed E-state index contributed by atoms with van der Waals surface area (Å²) < 4.78 is 0. The zero-order chi connectivity index (χ0) is 13.7. The van der Waals surface area contributed by atoms with Crippen molar-refractivity contribution in [2.45, 2.75) is 18.5 Å². The molecule has 4 N–H and O–H groups in total. The van der Waals surface area contributed by atoms with Crippen LogP contribution >= 0.6 is 11.8 Å². The van der Waals surface area contributed by atoms with Gasteiger partial charge < -0.3 is 20.7 Å². The highest BCUT2D eigenvalue weighted by Crippen LogP contribution is 2.08. The van der Waals surface area contributed by atoms with Gasteiger partial charge in [-0.05, 0) is 0 Å². The second-order valence-corrected chi connectivity index (χ2v) is 5.41. The Morgan fingerprint density at radius 3 is 3.05 bits per heavy atom. The van der Waals surface area contributed by atoms with E-state index < -0.39 is 12.0 Å². The molecule has 1 amide bonds. The van der Waals surface area contributed by atoms with E-state index in [1.54, 1.807) is 18.0 Å². The maximum Gasteiger partial charge on any atom is 0.326 e. The normalized spacial score (nSPS) is 20.7. The first-order valence-electron chi connectivity index (χ1n) is 5.98. The summed E-state index contributed by atoms with van der Waals surface area (Å²) in [6.45, 7) is 0.765. The average Bonchev–Trinajstić information content (AvgIpc) is 2.91. The first-order valence-corrected chi connectivity index (χ1v) is 7.14. The molecule has 7 nitrogen and oxygen atoms in total. The van der Waals surface area contributed by atoms with Gasteiger partial charge in [0.25, 0.3) is 0 Å². The van der Waals surface area contributed by atoms with Crippen molar-refractivity contribution in [3.8, 4) is 0 Å². The van der Waals surface area contributed by atoms with Gasteiger partial charge in [-0.1, -0.05) is 0 Å². The van der Waals surface area contributed by atoms with Crippen LogP contribution in [0.15, 0.2) is 12.5 Å². The summed E-state index contributed by atoms with van der Waals surface area (Å²) >= 11 is 1.69. The van der Waals surface area contributed by atoms with Gasteiger partial charge in [0, 0.05) is 36.4 Å². The number of hydrogen-bond acceptors (Lipinski definition) is 5. The van der Waals surface area contributed by atoms with Gasteiger partial charge >= 0.3 is 5.97 Å². The number of imidazole rings is 1. The molecule has 1 aliphatic heterocycles. The molecule has 1 aliphatic rings. The molecule has 104 valence electrons. The van der Waals surface area contributed by atoms with Crippen molar-refractivity contribution in [1.29, 1.82) is 0 Å². The van der Waals surface area contributed by atoms with Crippen molar-refractivity contribution in [3.63, 3.8) is 0 Å². The predicted molar refractivity (Wildman–Crippen MR) is 71.0 cm³/mol. The third kappa shape index (κ3) is 3.97. The van der Waals surface area contributed by atoms with Gasteiger partial charge in [-0.3, -0.25) is 4.79 Å². The molecule has 0 bridgehead atoms. The lowest BCUT2D eigenvalue weighted by molar-refractivity contribution is -0.142. The van der Waals surface area contributed by atoms with Crippen molar-refractivity contribution in [1.82, 2.24) is 20.6 Å². The largest absolute Gasteiger partial charge is 0.480 e. The van der Waals surface area contributed by atoms with E-state index in [4.69, 9.17) is 5.11 Å². The Kier molecular flexibility index (Phi) is 4.80. The number of aromatic nitrogens is 2. The number of hydrogen-bond donors (Lipinski definition) is 4. The minimum atomic E-state index is -1.05. The molecule has 0 radical (unpaired) electrons. The van der Waals surface area contributed by atoms with Crippen LogP contribution in [0.4, 0.5) is 0 Å². The molecule has 19 heavy (non-hydrogen) atoms. The second kappa shape index (κ2) is 6.58. The lowest BCUT2D eigenvalue weighted by Gasteiger charge is -2.24. The monoisotopic (exact) mass is 284 g/mol. The molecule has 0 saturated carbocycles. The fourth-order valence-corrected chi connectivity index (χ4v) is 2.76. The minimum Gasteiger partial charge on any atom is -0.480 e. The molecule has 2 heterocycles. The summed E-state index contributed by atoms with van der Waals surface area (Å²) in [4.78, 5) is 29.8. The van der Waals surface area contributed by atoms with Gasteiger partial charge in [0.2, 0.25) is 5.91 Å². The number of H-pyrrole nitrogens is 1. The van der Waals surface area contributed by atoms with Crippen molar-refractivity contribution >= 4 is 23.6 Å². The molecular weight excluding hydrogens is 268 g/mol. The highest BCUT2D eigenvalue weighted by molar-refractivity contribution is 7.99. The van der Waals surface area contributed by atoms with Gasteiger partial charge in [-0.2, -0.15) is 11.8 Å². The molecule has 1 unspecified atom stereocenters. The molecule has 2 rings (SSSR count). The fourth-order valence-electron chi connectivity index (χ4n) is 1.82. The number of carbonyl (C=O) groups excluding carboxylic acids is 1. The quantitative estimate of drug-likeness (QED) is 0.565. The van der Waals surface area contributed by atoms with Crippen LogP contribution in [0, 0.1) is 0 Å². The summed E-state index contributed by atoms with van der Waals surface area (Å²) in [6, 6.07) is -1.26. The lowest BCUT2D eigenvalue weighted by atomic mass is 10.1. The zero-order valence-corrected chi connectivity index (χ0v) is 11.1. The third-order valence-corrected chi connectivity index (χ3v) is 3.89. The molecule has 1 aromatic heterocycles. The maximum atomic E-state index is 12.0. The average molecular weight is 284 g/mol. The van der Waals surface area contributed by atoms with Crippen molar-refractivity contribution in [2.75, 3.05) is 18.1 Å². The summed E-state index contributed by atoms with van der Waals surface area (Å²) in [6.07, 6.45) is 3.23. The van der Waals surface area contributed by atoms with E-state index in [0.717, 1.165) is 12.3 Å². The van der Waals surface area contributed by atoms with E-state index in [0.29, 0.717) is 11.4 Å². The van der Waals surface area contributed by atoms with Gasteiger partial charge in [0.1, 0.15) is 6.04 Å². The van der Waals surface area contributed by atoms with Crippen LogP contribution in [0.2, 0.25) is 0 Å². The number of nitrogens with zero attached hydrogens (tertiary/aromatic N) is 1. The van der Waals surface area contributed by atoms with Crippen LogP contribution in [-0.4, -0.2) is 57.1 Å². The van der Waals surface area contributed by atoms with E-state index in [-0.39, 0.29) is 18.4 Å². The molecule has 0 aliphatic carbocycles. The van der Waals surface area contributed by atoms with Crippen molar-refractivity contribution in [3.05, 3.63) is 18.2 Å². The molecule has 0 aromatic carbocycles. The Balaban J connectivity index is 1.92. The second-order valence-electron chi connectivity index (χ2n) is 4.26. The first-order chi connectivity index (χ1) is 9.16. The highest BCUT2D eigenvalue weighted by Gasteiger charge is 2.26.